The summed E-state index contributed by atoms with van der Waals surface area (Å²) in [6.45, 7) is 12.8. The Labute approximate surface area is 268 Å². The maximum absolute atomic E-state index is 13.6. The predicted octanol–water partition coefficient (Wildman–Crippen LogP) is 5.68. The molecular formula is C34H54O10S. The zero-order valence-electron chi connectivity index (χ0n) is 27.9. The van der Waals surface area contributed by atoms with Gasteiger partial charge in [-0.3, -0.25) is 0 Å². The normalized spacial score (nSPS) is 57.0. The molecule has 8 heterocycles. The van der Waals surface area contributed by atoms with E-state index in [1.54, 1.807) is 0 Å². The molecule has 256 valence electrons. The molecule has 10 fully saturated rings. The molecule has 45 heavy (non-hydrogen) atoms. The van der Waals surface area contributed by atoms with Crippen molar-refractivity contribution in [2.75, 3.05) is 11.5 Å². The molecule has 0 radical (unpaired) electrons. The first-order valence-electron chi connectivity index (χ1n) is 17.9. The van der Waals surface area contributed by atoms with E-state index in [0.717, 1.165) is 51.4 Å². The van der Waals surface area contributed by atoms with E-state index in [-0.39, 0.29) is 47.4 Å². The van der Waals surface area contributed by atoms with Crippen LogP contribution in [-0.4, -0.2) is 67.5 Å². The van der Waals surface area contributed by atoms with Crippen LogP contribution in [0.2, 0.25) is 0 Å². The van der Waals surface area contributed by atoms with Crippen LogP contribution in [0.15, 0.2) is 0 Å². The highest BCUT2D eigenvalue weighted by molar-refractivity contribution is 7.91. The Kier molecular flexibility index (Phi) is 7.66. The third-order valence-electron chi connectivity index (χ3n) is 14.0. The van der Waals surface area contributed by atoms with Crippen LogP contribution < -0.4 is 0 Å². The first kappa shape index (κ1) is 31.9. The molecule has 10 nitrogen and oxygen atoms in total. The number of hydrogen-bond donors (Lipinski definition) is 0. The first-order chi connectivity index (χ1) is 21.3. The van der Waals surface area contributed by atoms with Crippen molar-refractivity contribution in [3.05, 3.63) is 0 Å². The second kappa shape index (κ2) is 10.8. The van der Waals surface area contributed by atoms with Gasteiger partial charge in [-0.15, -0.1) is 0 Å². The zero-order chi connectivity index (χ0) is 31.6. The van der Waals surface area contributed by atoms with Crippen LogP contribution in [-0.2, 0) is 48.3 Å². The lowest BCUT2D eigenvalue weighted by atomic mass is 9.57. The minimum absolute atomic E-state index is 0.0753. The van der Waals surface area contributed by atoms with Gasteiger partial charge in [0, 0.05) is 24.7 Å². The molecule has 8 saturated heterocycles. The van der Waals surface area contributed by atoms with Gasteiger partial charge in [0.1, 0.15) is 0 Å². The van der Waals surface area contributed by atoms with E-state index < -0.39 is 45.2 Å². The van der Waals surface area contributed by atoms with Crippen molar-refractivity contribution in [2.24, 2.45) is 47.3 Å². The topological polar surface area (TPSA) is 108 Å². The van der Waals surface area contributed by atoms with Crippen molar-refractivity contribution in [1.82, 2.24) is 0 Å². The minimum atomic E-state index is -3.36. The molecule has 11 heteroatoms. The molecule has 0 amide bonds. The quantitative estimate of drug-likeness (QED) is 0.332. The summed E-state index contributed by atoms with van der Waals surface area (Å²) in [5, 5.41) is 0. The van der Waals surface area contributed by atoms with Crippen LogP contribution in [0, 0.1) is 47.3 Å². The molecule has 0 aromatic carbocycles. The zero-order valence-corrected chi connectivity index (χ0v) is 28.7. The van der Waals surface area contributed by atoms with Gasteiger partial charge in [-0.05, 0) is 101 Å². The molecule has 0 aromatic heterocycles. The van der Waals surface area contributed by atoms with E-state index in [0.29, 0.717) is 36.5 Å². The molecule has 2 saturated carbocycles. The molecule has 8 aliphatic heterocycles. The molecule has 10 rings (SSSR count). The third kappa shape index (κ3) is 4.79. The van der Waals surface area contributed by atoms with E-state index >= 15 is 0 Å². The molecule has 0 unspecified atom stereocenters. The Morgan fingerprint density at radius 3 is 1.42 bits per heavy atom. The van der Waals surface area contributed by atoms with Gasteiger partial charge in [0.25, 0.3) is 0 Å². The molecular weight excluding hydrogens is 600 g/mol. The van der Waals surface area contributed by atoms with Gasteiger partial charge in [-0.25, -0.2) is 28.0 Å². The van der Waals surface area contributed by atoms with E-state index in [4.69, 9.17) is 38.5 Å². The van der Waals surface area contributed by atoms with E-state index in [2.05, 4.69) is 27.7 Å². The van der Waals surface area contributed by atoms with Gasteiger partial charge in [-0.1, -0.05) is 27.7 Å². The summed E-state index contributed by atoms with van der Waals surface area (Å²) in [7, 11) is -3.36. The fourth-order valence-corrected chi connectivity index (χ4v) is 12.7. The summed E-state index contributed by atoms with van der Waals surface area (Å²) < 4.78 is 53.5. The SMILES string of the molecule is C[C@H]1[C@H](CCS(=O)(=O)CC[C@H]2O[C@@H]3O[C@@]4(C)CC[C@H]5[C@H](C)CC[C@@H]([C@H]2C)[C@@]35OO4)O[C@@H]2O[C@@]3(C)CC[C@H]4[C@H](C)CC[C@@H]1[C@@]24OO3. The second-order valence-electron chi connectivity index (χ2n) is 16.6. The standard InChI is InChI=1S/C34H54O10S/c1-19-7-9-25-21(3)27(37-29-33(25)23(19)11-15-31(5,39-29)41-43-33)13-17-45(35,36)18-14-28-22(4)26-10-8-20(2)24-12-16-32(6)40-30(38-28)34(24,26)44-42-32/h19-30H,7-18H2,1-6H3/t19-,20-,21-,22-,23+,24+,25+,26+,27-,28+,29-,30-,31-,32-,33-,34-/m1/s1. The fourth-order valence-electron chi connectivity index (χ4n) is 11.3. The Hall–Kier alpha value is -0.370. The van der Waals surface area contributed by atoms with Crippen molar-refractivity contribution in [3.8, 4) is 0 Å². The van der Waals surface area contributed by atoms with Gasteiger partial charge < -0.3 is 18.9 Å². The van der Waals surface area contributed by atoms with Crippen molar-refractivity contribution < 1.29 is 46.9 Å². The summed E-state index contributed by atoms with van der Waals surface area (Å²) >= 11 is 0. The summed E-state index contributed by atoms with van der Waals surface area (Å²) in [5.74, 6) is 0.706. The minimum Gasteiger partial charge on any atom is -0.346 e. The monoisotopic (exact) mass is 654 g/mol. The predicted molar refractivity (Wildman–Crippen MR) is 162 cm³/mol. The Bertz CT molecular complexity index is 1180. The Morgan fingerprint density at radius 2 is 1.00 bits per heavy atom. The highest BCUT2D eigenvalue weighted by Crippen LogP contribution is 2.62. The number of fused-ring (bicyclic) bond motifs is 4. The molecule has 2 aliphatic carbocycles. The van der Waals surface area contributed by atoms with Crippen LogP contribution in [0.25, 0.3) is 0 Å². The highest BCUT2D eigenvalue weighted by atomic mass is 32.2. The van der Waals surface area contributed by atoms with Gasteiger partial charge in [-0.2, -0.15) is 0 Å². The smallest absolute Gasteiger partial charge is 0.201 e. The fraction of sp³-hybridized carbons (Fsp3) is 1.00. The van der Waals surface area contributed by atoms with Crippen LogP contribution in [0.4, 0.5) is 0 Å². The molecule has 16 atom stereocenters. The van der Waals surface area contributed by atoms with E-state index in [9.17, 15) is 8.42 Å². The van der Waals surface area contributed by atoms with Crippen LogP contribution >= 0.6 is 0 Å². The maximum Gasteiger partial charge on any atom is 0.201 e. The number of sulfone groups is 1. The van der Waals surface area contributed by atoms with E-state index in [1.165, 1.54) is 0 Å². The second-order valence-corrected chi connectivity index (χ2v) is 18.9. The van der Waals surface area contributed by atoms with Gasteiger partial charge in [0.2, 0.25) is 11.6 Å². The number of hydrogen-bond acceptors (Lipinski definition) is 10. The lowest BCUT2D eigenvalue weighted by Gasteiger charge is -2.60. The van der Waals surface area contributed by atoms with E-state index in [1.807, 2.05) is 13.8 Å². The molecule has 4 bridgehead atoms. The van der Waals surface area contributed by atoms with Crippen molar-refractivity contribution in [2.45, 2.75) is 153 Å². The lowest BCUT2D eigenvalue weighted by Crippen LogP contribution is -2.70. The average Bonchev–Trinajstić information content (AvgIpc) is 3.37. The van der Waals surface area contributed by atoms with Gasteiger partial charge in [0.15, 0.2) is 33.6 Å². The summed E-state index contributed by atoms with van der Waals surface area (Å²) in [6, 6.07) is 0. The van der Waals surface area contributed by atoms with Crippen molar-refractivity contribution >= 4 is 9.84 Å². The molecule has 0 N–H and O–H groups in total. The first-order valence-corrected chi connectivity index (χ1v) is 19.7. The van der Waals surface area contributed by atoms with Crippen LogP contribution in [0.1, 0.15) is 106 Å². The van der Waals surface area contributed by atoms with Gasteiger partial charge >= 0.3 is 0 Å². The average molecular weight is 655 g/mol. The summed E-state index contributed by atoms with van der Waals surface area (Å²) in [6.07, 6.45) is 7.08. The summed E-state index contributed by atoms with van der Waals surface area (Å²) in [5.41, 5.74) is -1.26. The number of ether oxygens (including phenoxy) is 4. The van der Waals surface area contributed by atoms with Crippen LogP contribution in [0.3, 0.4) is 0 Å². The molecule has 0 aromatic rings. The highest BCUT2D eigenvalue weighted by Gasteiger charge is 2.70. The Balaban J connectivity index is 0.941. The Morgan fingerprint density at radius 1 is 0.578 bits per heavy atom. The summed E-state index contributed by atoms with van der Waals surface area (Å²) in [4.78, 5) is 24.4. The largest absolute Gasteiger partial charge is 0.346 e. The molecule has 10 aliphatic rings. The number of rotatable bonds is 6. The van der Waals surface area contributed by atoms with Crippen LogP contribution in [0.5, 0.6) is 0 Å². The van der Waals surface area contributed by atoms with Crippen molar-refractivity contribution in [3.63, 3.8) is 0 Å². The third-order valence-corrected chi connectivity index (χ3v) is 15.7. The molecule has 2 spiro atoms. The maximum atomic E-state index is 13.6. The van der Waals surface area contributed by atoms with Gasteiger partial charge in [0.05, 0.1) is 23.7 Å². The lowest BCUT2D eigenvalue weighted by molar-refractivity contribution is -0.571. The van der Waals surface area contributed by atoms with Crippen molar-refractivity contribution in [1.29, 1.82) is 0 Å².